The van der Waals surface area contributed by atoms with Crippen LogP contribution in [0.25, 0.3) is 0 Å². The molecule has 0 unspecified atom stereocenters. The smallest absolute Gasteiger partial charge is 0.409 e. The molecule has 9 heteroatoms. The third kappa shape index (κ3) is 4.47. The molecule has 2 saturated heterocycles. The second kappa shape index (κ2) is 8.70. The molecule has 0 spiro atoms. The van der Waals surface area contributed by atoms with E-state index in [-0.39, 0.29) is 6.09 Å². The van der Waals surface area contributed by atoms with Crippen LogP contribution in [0.3, 0.4) is 0 Å². The standard InChI is InChI=1S/C18H25N5O4/c1-2-27-18(26)23-13-11-22(12-14-23)17(25)16(24)21-9-7-20(8-10-21)15-5-3-4-6-19-15/h3-6H,2,7-14H2,1H3. The number of piperazine rings is 2. The lowest BCUT2D eigenvalue weighted by molar-refractivity contribution is -0.152. The molecule has 3 heterocycles. The van der Waals surface area contributed by atoms with Crippen LogP contribution >= 0.6 is 0 Å². The van der Waals surface area contributed by atoms with E-state index in [1.165, 1.54) is 4.90 Å². The summed E-state index contributed by atoms with van der Waals surface area (Å²) in [5.41, 5.74) is 0. The highest BCUT2D eigenvalue weighted by Crippen LogP contribution is 2.13. The number of anilines is 1. The maximum absolute atomic E-state index is 12.6. The van der Waals surface area contributed by atoms with Gasteiger partial charge in [0, 0.05) is 58.6 Å². The van der Waals surface area contributed by atoms with Crippen molar-refractivity contribution in [3.8, 4) is 0 Å². The molecule has 27 heavy (non-hydrogen) atoms. The quantitative estimate of drug-likeness (QED) is 0.678. The maximum Gasteiger partial charge on any atom is 0.409 e. The van der Waals surface area contributed by atoms with Gasteiger partial charge in [0.25, 0.3) is 0 Å². The first-order chi connectivity index (χ1) is 13.1. The van der Waals surface area contributed by atoms with E-state index in [1.54, 1.807) is 22.9 Å². The molecule has 0 radical (unpaired) electrons. The minimum Gasteiger partial charge on any atom is -0.450 e. The Balaban J connectivity index is 1.47. The number of hydrogen-bond acceptors (Lipinski definition) is 6. The zero-order chi connectivity index (χ0) is 19.2. The Morgan fingerprint density at radius 1 is 0.889 bits per heavy atom. The second-order valence-electron chi connectivity index (χ2n) is 6.45. The molecule has 0 saturated carbocycles. The topological polar surface area (TPSA) is 86.3 Å². The SMILES string of the molecule is CCOC(=O)N1CCN(C(=O)C(=O)N2CCN(c3ccccn3)CC2)CC1. The van der Waals surface area contributed by atoms with Crippen molar-refractivity contribution in [2.75, 3.05) is 63.9 Å². The monoisotopic (exact) mass is 375 g/mol. The second-order valence-corrected chi connectivity index (χ2v) is 6.45. The van der Waals surface area contributed by atoms with Crippen LogP contribution < -0.4 is 4.90 Å². The van der Waals surface area contributed by atoms with Crippen molar-refractivity contribution in [2.45, 2.75) is 6.92 Å². The summed E-state index contributed by atoms with van der Waals surface area (Å²) in [4.78, 5) is 47.9. The number of aromatic nitrogens is 1. The molecule has 1 aromatic rings. The molecular formula is C18H25N5O4. The Morgan fingerprint density at radius 2 is 1.44 bits per heavy atom. The number of nitrogens with zero attached hydrogens (tertiary/aromatic N) is 5. The van der Waals surface area contributed by atoms with Gasteiger partial charge in [-0.2, -0.15) is 0 Å². The largest absolute Gasteiger partial charge is 0.450 e. The van der Waals surface area contributed by atoms with Crippen LogP contribution in [0.5, 0.6) is 0 Å². The van der Waals surface area contributed by atoms with Gasteiger partial charge in [-0.1, -0.05) is 6.07 Å². The van der Waals surface area contributed by atoms with Crippen molar-refractivity contribution in [3.63, 3.8) is 0 Å². The van der Waals surface area contributed by atoms with E-state index >= 15 is 0 Å². The number of rotatable bonds is 2. The molecule has 0 bridgehead atoms. The first kappa shape index (κ1) is 18.9. The van der Waals surface area contributed by atoms with E-state index < -0.39 is 11.8 Å². The zero-order valence-electron chi connectivity index (χ0n) is 15.5. The fourth-order valence-electron chi connectivity index (χ4n) is 3.26. The van der Waals surface area contributed by atoms with Gasteiger partial charge in [0.15, 0.2) is 0 Å². The molecule has 0 aliphatic carbocycles. The van der Waals surface area contributed by atoms with Crippen LogP contribution in [0.15, 0.2) is 24.4 Å². The summed E-state index contributed by atoms with van der Waals surface area (Å²) >= 11 is 0. The van der Waals surface area contributed by atoms with Gasteiger partial charge in [0.1, 0.15) is 5.82 Å². The average molecular weight is 375 g/mol. The fourth-order valence-corrected chi connectivity index (χ4v) is 3.26. The van der Waals surface area contributed by atoms with Gasteiger partial charge in [0.05, 0.1) is 6.61 Å². The lowest BCUT2D eigenvalue weighted by Crippen LogP contribution is -2.57. The van der Waals surface area contributed by atoms with Crippen LogP contribution in [0, 0.1) is 0 Å². The third-order valence-electron chi connectivity index (χ3n) is 4.82. The van der Waals surface area contributed by atoms with Crippen molar-refractivity contribution < 1.29 is 19.1 Å². The van der Waals surface area contributed by atoms with Gasteiger partial charge < -0.3 is 24.3 Å². The average Bonchev–Trinajstić information content (AvgIpc) is 2.74. The van der Waals surface area contributed by atoms with E-state index in [4.69, 9.17) is 4.74 Å². The molecule has 2 aliphatic rings. The minimum atomic E-state index is -0.496. The molecule has 2 aliphatic heterocycles. The van der Waals surface area contributed by atoms with Crippen LogP contribution in [-0.2, 0) is 14.3 Å². The number of pyridine rings is 1. The van der Waals surface area contributed by atoms with E-state index in [0.717, 1.165) is 5.82 Å². The van der Waals surface area contributed by atoms with Crippen LogP contribution in [0.4, 0.5) is 10.6 Å². The maximum atomic E-state index is 12.6. The van der Waals surface area contributed by atoms with E-state index in [0.29, 0.717) is 59.0 Å². The van der Waals surface area contributed by atoms with Crippen molar-refractivity contribution in [1.82, 2.24) is 19.7 Å². The van der Waals surface area contributed by atoms with Crippen molar-refractivity contribution in [1.29, 1.82) is 0 Å². The molecule has 0 aromatic carbocycles. The molecule has 3 rings (SSSR count). The number of hydrogen-bond donors (Lipinski definition) is 0. The lowest BCUT2D eigenvalue weighted by Gasteiger charge is -2.37. The first-order valence-corrected chi connectivity index (χ1v) is 9.26. The summed E-state index contributed by atoms with van der Waals surface area (Å²) in [5, 5.41) is 0. The van der Waals surface area contributed by atoms with Crippen LogP contribution in [0.2, 0.25) is 0 Å². The van der Waals surface area contributed by atoms with E-state index in [2.05, 4.69) is 9.88 Å². The molecule has 9 nitrogen and oxygen atoms in total. The molecular weight excluding hydrogens is 350 g/mol. The minimum absolute atomic E-state index is 0.320. The predicted molar refractivity (Wildman–Crippen MR) is 98.2 cm³/mol. The molecule has 1 aromatic heterocycles. The summed E-state index contributed by atoms with van der Waals surface area (Å²) in [5.74, 6) is -0.0870. The molecule has 146 valence electrons. The highest BCUT2D eigenvalue weighted by Gasteiger charge is 2.32. The normalized spacial score (nSPS) is 17.7. The Hall–Kier alpha value is -2.84. The van der Waals surface area contributed by atoms with Gasteiger partial charge >= 0.3 is 17.9 Å². The summed E-state index contributed by atoms with van der Waals surface area (Å²) < 4.78 is 4.96. The lowest BCUT2D eigenvalue weighted by atomic mass is 10.2. The first-order valence-electron chi connectivity index (χ1n) is 9.26. The number of ether oxygens (including phenoxy) is 1. The summed E-state index contributed by atoms with van der Waals surface area (Å²) in [7, 11) is 0. The Bertz CT molecular complexity index is 668. The van der Waals surface area contributed by atoms with Crippen molar-refractivity contribution in [2.24, 2.45) is 0 Å². The Morgan fingerprint density at radius 3 is 1.96 bits per heavy atom. The van der Waals surface area contributed by atoms with E-state index in [9.17, 15) is 14.4 Å². The molecule has 0 atom stereocenters. The Kier molecular flexibility index (Phi) is 6.10. The van der Waals surface area contributed by atoms with E-state index in [1.807, 2.05) is 18.2 Å². The summed E-state index contributed by atoms with van der Waals surface area (Å²) in [6.45, 7) is 5.79. The van der Waals surface area contributed by atoms with Gasteiger partial charge in [-0.25, -0.2) is 9.78 Å². The van der Waals surface area contributed by atoms with Crippen LogP contribution in [0.1, 0.15) is 6.92 Å². The summed E-state index contributed by atoms with van der Waals surface area (Å²) in [6.07, 6.45) is 1.37. The predicted octanol–water partition coefficient (Wildman–Crippen LogP) is 0.0309. The van der Waals surface area contributed by atoms with Gasteiger partial charge in [-0.3, -0.25) is 9.59 Å². The Labute approximate surface area is 158 Å². The number of carbonyl (C=O) groups excluding carboxylic acids is 3. The highest BCUT2D eigenvalue weighted by atomic mass is 16.6. The van der Waals surface area contributed by atoms with Gasteiger partial charge in [-0.15, -0.1) is 0 Å². The molecule has 2 fully saturated rings. The van der Waals surface area contributed by atoms with Crippen molar-refractivity contribution >= 4 is 23.7 Å². The fraction of sp³-hybridized carbons (Fsp3) is 0.556. The molecule has 3 amide bonds. The zero-order valence-corrected chi connectivity index (χ0v) is 15.5. The van der Waals surface area contributed by atoms with Gasteiger partial charge in [-0.05, 0) is 19.1 Å². The third-order valence-corrected chi connectivity index (χ3v) is 4.82. The summed E-state index contributed by atoms with van der Waals surface area (Å²) in [6, 6.07) is 5.73. The highest BCUT2D eigenvalue weighted by molar-refractivity contribution is 6.35. The number of carbonyl (C=O) groups is 3. The number of amides is 3. The van der Waals surface area contributed by atoms with Gasteiger partial charge in [0.2, 0.25) is 0 Å². The van der Waals surface area contributed by atoms with Crippen molar-refractivity contribution in [3.05, 3.63) is 24.4 Å². The van der Waals surface area contributed by atoms with Crippen LogP contribution in [-0.4, -0.2) is 96.6 Å². The molecule has 0 N–H and O–H groups in total.